The molecule has 0 unspecified atom stereocenters. The molecule has 1 aliphatic heterocycles. The molecule has 78 heavy (non-hydrogen) atoms. The third kappa shape index (κ3) is 11.4. The average molecular weight is 1140 g/mol. The molecule has 2 atom stereocenters. The van der Waals surface area contributed by atoms with Crippen molar-refractivity contribution in [2.75, 3.05) is 0 Å². The molecular formula is C76H90Ga2. The van der Waals surface area contributed by atoms with Gasteiger partial charge in [-0.05, 0) is 0 Å². The van der Waals surface area contributed by atoms with E-state index in [9.17, 15) is 0 Å². The maximum atomic E-state index is 2.59. The fourth-order valence-corrected chi connectivity index (χ4v) is 44.9. The van der Waals surface area contributed by atoms with E-state index >= 15 is 0 Å². The third-order valence-corrected chi connectivity index (χ3v) is 39.6. The van der Waals surface area contributed by atoms with Crippen molar-refractivity contribution >= 4 is 40.7 Å². The quantitative estimate of drug-likeness (QED) is 0.0846. The molecule has 1 fully saturated rings. The van der Waals surface area contributed by atoms with Crippen molar-refractivity contribution < 1.29 is 0 Å². The van der Waals surface area contributed by atoms with Crippen molar-refractivity contribution in [2.24, 2.45) is 0 Å². The molecule has 9 rings (SSSR count). The molecule has 1 saturated heterocycles. The second-order valence-electron chi connectivity index (χ2n) is 25.7. The fourth-order valence-electron chi connectivity index (χ4n) is 14.2. The van der Waals surface area contributed by atoms with E-state index in [0.29, 0.717) is 56.3 Å². The topological polar surface area (TPSA) is 0 Å². The Morgan fingerprint density at radius 3 is 0.628 bits per heavy atom. The van der Waals surface area contributed by atoms with Gasteiger partial charge in [-0.1, -0.05) is 0 Å². The van der Waals surface area contributed by atoms with E-state index in [1.165, 1.54) is 99.0 Å². The maximum absolute atomic E-state index is 2.89. The first-order valence-electron chi connectivity index (χ1n) is 30.3. The molecule has 0 radical (unpaired) electrons. The summed E-state index contributed by atoms with van der Waals surface area (Å²) in [6.45, 7) is 38.8. The molecule has 400 valence electrons. The first-order chi connectivity index (χ1) is 37.4. The van der Waals surface area contributed by atoms with Crippen LogP contribution >= 0.6 is 0 Å². The van der Waals surface area contributed by atoms with Crippen LogP contribution in [0.5, 0.6) is 0 Å². The van der Waals surface area contributed by atoms with Gasteiger partial charge in [-0.25, -0.2) is 0 Å². The average Bonchev–Trinajstić information content (AvgIpc) is 3.43. The van der Waals surface area contributed by atoms with Crippen LogP contribution in [-0.2, 0) is 0 Å². The van der Waals surface area contributed by atoms with Crippen molar-refractivity contribution in [3.63, 3.8) is 0 Å². The van der Waals surface area contributed by atoms with Crippen LogP contribution in [0.25, 0.3) is 44.5 Å². The Hall–Kier alpha value is -4.97. The first kappa shape index (κ1) is 57.7. The van der Waals surface area contributed by atoms with Crippen LogP contribution in [0.15, 0.2) is 170 Å². The van der Waals surface area contributed by atoms with Gasteiger partial charge in [-0.3, -0.25) is 0 Å². The van der Waals surface area contributed by atoms with Crippen molar-refractivity contribution in [2.45, 2.75) is 177 Å². The van der Waals surface area contributed by atoms with E-state index in [1.54, 1.807) is 19.4 Å². The summed E-state index contributed by atoms with van der Waals surface area (Å²) in [4.78, 5) is 2.54. The summed E-state index contributed by atoms with van der Waals surface area (Å²) in [5, 5.41) is 0. The second kappa shape index (κ2) is 24.8. The van der Waals surface area contributed by atoms with Gasteiger partial charge >= 0.3 is 488 Å². The Labute approximate surface area is 484 Å². The fraction of sp³-hybridized carbons (Fsp3) is 0.368. The molecule has 1 heterocycles. The summed E-state index contributed by atoms with van der Waals surface area (Å²) in [5.41, 5.74) is 27.2. The molecule has 0 amide bonds. The molecule has 2 heteroatoms. The van der Waals surface area contributed by atoms with E-state index in [0.717, 1.165) is 0 Å². The number of benzene rings is 8. The predicted molar refractivity (Wildman–Crippen MR) is 346 cm³/mol. The third-order valence-electron chi connectivity index (χ3n) is 18.0. The van der Waals surface area contributed by atoms with Crippen molar-refractivity contribution in [3.8, 4) is 44.5 Å². The Morgan fingerprint density at radius 1 is 0.244 bits per heavy atom. The molecule has 0 N–H and O–H groups in total. The van der Waals surface area contributed by atoms with Gasteiger partial charge in [-0.2, -0.15) is 0 Å². The van der Waals surface area contributed by atoms with E-state index in [4.69, 9.17) is 0 Å². The van der Waals surface area contributed by atoms with Crippen LogP contribution < -0.4 is 8.24 Å². The van der Waals surface area contributed by atoms with Crippen LogP contribution in [-0.4, -0.2) is 32.4 Å². The summed E-state index contributed by atoms with van der Waals surface area (Å²) in [5.74, 6) is 3.06. The van der Waals surface area contributed by atoms with Crippen LogP contribution in [0.4, 0.5) is 0 Å². The molecule has 0 nitrogen and oxygen atoms in total. The molecule has 0 spiro atoms. The summed E-state index contributed by atoms with van der Waals surface area (Å²) in [7, 11) is 0. The molecule has 8 aromatic carbocycles. The molecule has 1 aliphatic rings. The molecule has 0 bridgehead atoms. The van der Waals surface area contributed by atoms with Gasteiger partial charge < -0.3 is 0 Å². The Kier molecular flexibility index (Phi) is 18.4. The first-order valence-corrected chi connectivity index (χ1v) is 38.9. The van der Waals surface area contributed by atoms with Crippen LogP contribution in [0.1, 0.15) is 223 Å². The van der Waals surface area contributed by atoms with Crippen LogP contribution in [0, 0.1) is 0 Å². The SMILES string of the molecule is CC(C)c1cccc(C(C)C)c1-c1cccc(-c2c(C(C)C)cccc2C(C)C)[c]1[Ga]1[CH2][C@@H](c2ccccc2)[Ga]([c]2c(-c3c(C(C)C)cccc3C(C)C)cccc2-c2c(C(C)C)cccc2C(C)C)[CH2][C@H]1c1ccccc1. The summed E-state index contributed by atoms with van der Waals surface area (Å²) in [6, 6.07) is 68.6. The van der Waals surface area contributed by atoms with E-state index < -0.39 is 32.4 Å². The van der Waals surface area contributed by atoms with Gasteiger partial charge in [0.1, 0.15) is 0 Å². The number of hydrogen-bond acceptors (Lipinski definition) is 0. The molecule has 0 aliphatic carbocycles. The normalized spacial score (nSPS) is 15.2. The molecule has 8 aromatic rings. The van der Waals surface area contributed by atoms with E-state index in [-0.39, 0.29) is 0 Å². The minimum atomic E-state index is -2.89. The standard InChI is InChI=1S/2C30H37.2C8H8.2Ga/c2*1-19(2)25-14-10-15-26(20(3)4)29(25)23-12-9-13-24(18-23)30-27(21(5)6)16-11-17-28(30)22(7)8;2*1-2-8-6-4-3-5-7-8;;/h2*9-17,19-22H,1-8H3;2*2-7H,1H2;;. The van der Waals surface area contributed by atoms with Crippen molar-refractivity contribution in [1.29, 1.82) is 0 Å². The minimum absolute atomic E-state index is 0.383. The van der Waals surface area contributed by atoms with Crippen LogP contribution in [0.3, 0.4) is 0 Å². The van der Waals surface area contributed by atoms with Crippen molar-refractivity contribution in [3.05, 3.63) is 225 Å². The van der Waals surface area contributed by atoms with Gasteiger partial charge in [0.2, 0.25) is 0 Å². The van der Waals surface area contributed by atoms with Gasteiger partial charge in [0, 0.05) is 0 Å². The molecular weight excluding hydrogens is 1050 g/mol. The molecule has 0 aromatic heterocycles. The Morgan fingerprint density at radius 2 is 0.436 bits per heavy atom. The zero-order chi connectivity index (χ0) is 55.7. The zero-order valence-electron chi connectivity index (χ0n) is 50.5. The Balaban J connectivity index is 1.46. The number of hydrogen-bond donors (Lipinski definition) is 0. The zero-order valence-corrected chi connectivity index (χ0v) is 55.4. The van der Waals surface area contributed by atoms with Gasteiger partial charge in [0.05, 0.1) is 0 Å². The summed E-state index contributed by atoms with van der Waals surface area (Å²) in [6.07, 6.45) is 0. The van der Waals surface area contributed by atoms with Gasteiger partial charge in [-0.15, -0.1) is 0 Å². The van der Waals surface area contributed by atoms with Crippen molar-refractivity contribution in [1.82, 2.24) is 0 Å². The van der Waals surface area contributed by atoms with E-state index in [2.05, 4.69) is 281 Å². The predicted octanol–water partition coefficient (Wildman–Crippen LogP) is 21.1. The van der Waals surface area contributed by atoms with Crippen LogP contribution in [0.2, 0.25) is 9.95 Å². The van der Waals surface area contributed by atoms with E-state index in [1.807, 2.05) is 0 Å². The Bertz CT molecular complexity index is 2840. The molecule has 0 saturated carbocycles. The van der Waals surface area contributed by atoms with Gasteiger partial charge in [0.15, 0.2) is 0 Å². The monoisotopic (exact) mass is 1140 g/mol. The summed E-state index contributed by atoms with van der Waals surface area (Å²) >= 11 is -5.77. The summed E-state index contributed by atoms with van der Waals surface area (Å²) < 4.78 is 4.45. The second-order valence-corrected chi connectivity index (χ2v) is 38.6. The van der Waals surface area contributed by atoms with Gasteiger partial charge in [0.25, 0.3) is 0 Å². The number of rotatable bonds is 16.